The highest BCUT2D eigenvalue weighted by Gasteiger charge is 2.29. The molecule has 2 saturated heterocycles. The summed E-state index contributed by atoms with van der Waals surface area (Å²) in [7, 11) is 0. The highest BCUT2D eigenvalue weighted by molar-refractivity contribution is 5.94. The van der Waals surface area contributed by atoms with Crippen molar-refractivity contribution < 1.29 is 38.2 Å². The summed E-state index contributed by atoms with van der Waals surface area (Å²) < 4.78 is 11.5. The molecule has 58 heavy (non-hydrogen) atoms. The topological polar surface area (TPSA) is 217 Å². The highest BCUT2D eigenvalue weighted by atomic mass is 16.5. The Morgan fingerprint density at radius 2 is 0.966 bits per heavy atom. The van der Waals surface area contributed by atoms with Gasteiger partial charge in [0.1, 0.15) is 12.1 Å². The maximum absolute atomic E-state index is 13.1. The number of rotatable bonds is 22. The average molecular weight is 799 g/mol. The summed E-state index contributed by atoms with van der Waals surface area (Å²) in [6.45, 7) is 2.03. The molecule has 0 bridgehead atoms. The summed E-state index contributed by atoms with van der Waals surface area (Å²) in [6.07, 6.45) is 3.09. The van der Waals surface area contributed by atoms with E-state index in [1.165, 1.54) is 0 Å². The van der Waals surface area contributed by atoms with Crippen molar-refractivity contribution in [1.29, 1.82) is 0 Å². The Hall–Kier alpha value is -5.68. The first-order chi connectivity index (χ1) is 28.2. The van der Waals surface area contributed by atoms with Gasteiger partial charge in [-0.2, -0.15) is 0 Å². The number of nitrogens with one attached hydrogen (secondary N) is 8. The van der Waals surface area contributed by atoms with Gasteiger partial charge in [0.2, 0.25) is 35.4 Å². The molecule has 0 aromatic heterocycles. The standard InChI is InChI=1S/C42H54N8O8/c51-37(19-23-45-39(53)35(49-41(55)33-13-7-21-43-33)27-57-25-29-9-3-1-4-10-29)47-31-15-17-32(18-16-31)48-38(52)20-24-46-40(54)36(50-42(56)34-14-8-22-44-34)28-58-26-30-11-5-2-6-12-30/h1-6,9-12,15-18,33-36,43-44H,7-8,13-14,19-28H2,(H,45,53)(H,46,54)(H,47,51)(H,48,52)(H,49,55)(H,50,56)/t33-,34-,35-,36-/m0/s1. The second-order valence-corrected chi connectivity index (χ2v) is 14.2. The van der Waals surface area contributed by atoms with E-state index in [4.69, 9.17) is 9.47 Å². The van der Waals surface area contributed by atoms with Crippen LogP contribution in [0.4, 0.5) is 11.4 Å². The number of ether oxygens (including phenoxy) is 2. The molecule has 16 nitrogen and oxygen atoms in total. The monoisotopic (exact) mass is 798 g/mol. The third-order valence-corrected chi connectivity index (χ3v) is 9.57. The zero-order valence-electron chi connectivity index (χ0n) is 32.6. The molecule has 2 heterocycles. The number of amides is 6. The average Bonchev–Trinajstić information content (AvgIpc) is 3.98. The zero-order chi connectivity index (χ0) is 41.0. The van der Waals surface area contributed by atoms with Crippen LogP contribution in [0.5, 0.6) is 0 Å². The minimum atomic E-state index is -0.936. The zero-order valence-corrected chi connectivity index (χ0v) is 32.6. The highest BCUT2D eigenvalue weighted by Crippen LogP contribution is 2.14. The molecule has 16 heteroatoms. The molecule has 3 aromatic rings. The lowest BCUT2D eigenvalue weighted by Gasteiger charge is -2.21. The van der Waals surface area contributed by atoms with Gasteiger partial charge >= 0.3 is 0 Å². The van der Waals surface area contributed by atoms with Crippen LogP contribution >= 0.6 is 0 Å². The van der Waals surface area contributed by atoms with Gasteiger partial charge in [0.05, 0.1) is 38.5 Å². The van der Waals surface area contributed by atoms with Crippen LogP contribution in [0.25, 0.3) is 0 Å². The second-order valence-electron chi connectivity index (χ2n) is 14.2. The lowest BCUT2D eigenvalue weighted by atomic mass is 10.2. The van der Waals surface area contributed by atoms with E-state index in [1.54, 1.807) is 24.3 Å². The third-order valence-electron chi connectivity index (χ3n) is 9.57. The molecule has 0 spiro atoms. The van der Waals surface area contributed by atoms with Crippen LogP contribution in [-0.4, -0.2) is 99.0 Å². The van der Waals surface area contributed by atoms with Crippen molar-refractivity contribution in [2.24, 2.45) is 0 Å². The van der Waals surface area contributed by atoms with Gasteiger partial charge in [0.15, 0.2) is 0 Å². The van der Waals surface area contributed by atoms with Gasteiger partial charge in [-0.05, 0) is 74.2 Å². The number of carbonyl (C=O) groups excluding carboxylic acids is 6. The van der Waals surface area contributed by atoms with Crippen molar-refractivity contribution in [3.8, 4) is 0 Å². The number of hydrogen-bond acceptors (Lipinski definition) is 10. The predicted molar refractivity (Wildman–Crippen MR) is 217 cm³/mol. The first-order valence-electron chi connectivity index (χ1n) is 19.8. The smallest absolute Gasteiger partial charge is 0.245 e. The van der Waals surface area contributed by atoms with Crippen molar-refractivity contribution in [3.63, 3.8) is 0 Å². The second kappa shape index (κ2) is 23.5. The minimum absolute atomic E-state index is 0.0210. The van der Waals surface area contributed by atoms with E-state index in [0.29, 0.717) is 24.2 Å². The van der Waals surface area contributed by atoms with Crippen LogP contribution in [0.2, 0.25) is 0 Å². The van der Waals surface area contributed by atoms with Crippen molar-refractivity contribution in [3.05, 3.63) is 96.1 Å². The van der Waals surface area contributed by atoms with Crippen LogP contribution < -0.4 is 42.5 Å². The van der Waals surface area contributed by atoms with E-state index < -0.39 is 23.9 Å². The molecule has 0 unspecified atom stereocenters. The molecule has 0 saturated carbocycles. The van der Waals surface area contributed by atoms with E-state index in [9.17, 15) is 28.8 Å². The lowest BCUT2D eigenvalue weighted by Crippen LogP contribution is -2.53. The largest absolute Gasteiger partial charge is 0.374 e. The fraction of sp³-hybridized carbons (Fsp3) is 0.429. The number of hydrogen-bond donors (Lipinski definition) is 8. The first-order valence-corrected chi connectivity index (χ1v) is 19.8. The summed E-state index contributed by atoms with van der Waals surface area (Å²) in [4.78, 5) is 77.0. The molecule has 5 rings (SSSR count). The molecular formula is C42H54N8O8. The summed E-state index contributed by atoms with van der Waals surface area (Å²) in [5, 5.41) is 22.8. The van der Waals surface area contributed by atoms with Gasteiger partial charge in [-0.1, -0.05) is 60.7 Å². The number of benzene rings is 3. The summed E-state index contributed by atoms with van der Waals surface area (Å²) in [6, 6.07) is 22.9. The fourth-order valence-electron chi connectivity index (χ4n) is 6.39. The van der Waals surface area contributed by atoms with Gasteiger partial charge in [-0.15, -0.1) is 0 Å². The molecule has 2 aliphatic heterocycles. The van der Waals surface area contributed by atoms with E-state index in [1.807, 2.05) is 60.7 Å². The van der Waals surface area contributed by atoms with E-state index in [2.05, 4.69) is 42.5 Å². The molecule has 0 radical (unpaired) electrons. The molecule has 3 aromatic carbocycles. The number of carbonyl (C=O) groups is 6. The lowest BCUT2D eigenvalue weighted by molar-refractivity contribution is -0.131. The van der Waals surface area contributed by atoms with Crippen molar-refractivity contribution >= 4 is 46.8 Å². The van der Waals surface area contributed by atoms with Crippen LogP contribution in [0.3, 0.4) is 0 Å². The third kappa shape index (κ3) is 15.0. The molecule has 2 fully saturated rings. The Kier molecular flexibility index (Phi) is 17.6. The SMILES string of the molecule is O=C(CCNC(=O)[C@H](COCc1ccccc1)NC(=O)[C@@H]1CCCN1)Nc1ccc(NC(=O)CCNC(=O)[C@H](COCc2ccccc2)NC(=O)[C@@H]2CCCN2)cc1. The molecule has 310 valence electrons. The van der Waals surface area contributed by atoms with Gasteiger partial charge in [-0.3, -0.25) is 28.8 Å². The maximum Gasteiger partial charge on any atom is 0.245 e. The molecule has 4 atom stereocenters. The van der Waals surface area contributed by atoms with Crippen molar-refractivity contribution in [2.75, 3.05) is 50.0 Å². The Bertz CT molecular complexity index is 1660. The fourth-order valence-corrected chi connectivity index (χ4v) is 6.39. The van der Waals surface area contributed by atoms with E-state index in [0.717, 1.165) is 37.1 Å². The summed E-state index contributed by atoms with van der Waals surface area (Å²) in [5.41, 5.74) is 2.84. The van der Waals surface area contributed by atoms with Crippen LogP contribution in [0, 0.1) is 0 Å². The van der Waals surface area contributed by atoms with E-state index >= 15 is 0 Å². The van der Waals surface area contributed by atoms with Gasteiger partial charge in [-0.25, -0.2) is 0 Å². The summed E-state index contributed by atoms with van der Waals surface area (Å²) >= 11 is 0. The Morgan fingerprint density at radius 3 is 1.33 bits per heavy atom. The molecule has 6 amide bonds. The van der Waals surface area contributed by atoms with Gasteiger partial charge < -0.3 is 52.0 Å². The van der Waals surface area contributed by atoms with Crippen molar-refractivity contribution in [1.82, 2.24) is 31.9 Å². The first kappa shape index (κ1) is 43.4. The van der Waals surface area contributed by atoms with Crippen LogP contribution in [0.1, 0.15) is 49.7 Å². The normalized spacial score (nSPS) is 17.0. The molecule has 2 aliphatic rings. The van der Waals surface area contributed by atoms with Gasteiger partial charge in [0, 0.05) is 37.3 Å². The van der Waals surface area contributed by atoms with Gasteiger partial charge in [0.25, 0.3) is 0 Å². The van der Waals surface area contributed by atoms with Crippen LogP contribution in [-0.2, 0) is 51.5 Å². The molecular weight excluding hydrogens is 745 g/mol. The summed E-state index contributed by atoms with van der Waals surface area (Å²) in [5.74, 6) is -2.14. The minimum Gasteiger partial charge on any atom is -0.374 e. The van der Waals surface area contributed by atoms with Crippen molar-refractivity contribution in [2.45, 2.75) is 75.9 Å². The predicted octanol–water partition coefficient (Wildman–Crippen LogP) is 1.48. The molecule has 8 N–H and O–H groups in total. The number of anilines is 2. The van der Waals surface area contributed by atoms with Crippen LogP contribution in [0.15, 0.2) is 84.9 Å². The van der Waals surface area contributed by atoms with E-state index in [-0.39, 0.29) is 88.1 Å². The maximum atomic E-state index is 13.1. The Labute approximate surface area is 338 Å². The Balaban J connectivity index is 1.00. The quantitative estimate of drug-likeness (QED) is 0.0733. The Morgan fingerprint density at radius 1 is 0.569 bits per heavy atom. The molecule has 0 aliphatic carbocycles.